The summed E-state index contributed by atoms with van der Waals surface area (Å²) in [6.45, 7) is 5.24. The van der Waals surface area contributed by atoms with Gasteiger partial charge < -0.3 is 24.8 Å². The molecule has 2 rings (SSSR count). The number of carbonyl (C=O) groups is 3. The van der Waals surface area contributed by atoms with Crippen LogP contribution in [-0.4, -0.2) is 52.9 Å². The van der Waals surface area contributed by atoms with Gasteiger partial charge in [0.2, 0.25) is 0 Å². The molecule has 1 fully saturated rings. The zero-order chi connectivity index (χ0) is 19.3. The standard InChI is InChI=1S/C18H24N2O6/c1-18(2,3)26-16(23)19-14-10-20(9-13(14)15(21)22)17(24)25-11-12-7-5-4-6-8-12/h4-8,13-14H,9-11H2,1-3H3,(H,19,23)(H,21,22)/t13-,14-/m1/s1. The van der Waals surface area contributed by atoms with Crippen LogP contribution in [0.25, 0.3) is 0 Å². The highest BCUT2D eigenvalue weighted by molar-refractivity contribution is 5.77. The van der Waals surface area contributed by atoms with E-state index in [1.807, 2.05) is 30.3 Å². The number of rotatable bonds is 4. The predicted octanol–water partition coefficient (Wildman–Crippen LogP) is 2.23. The number of ether oxygens (including phenoxy) is 2. The molecule has 1 aromatic carbocycles. The Hall–Kier alpha value is -2.77. The maximum Gasteiger partial charge on any atom is 0.410 e. The lowest BCUT2D eigenvalue weighted by molar-refractivity contribution is -0.141. The van der Waals surface area contributed by atoms with Crippen molar-refractivity contribution >= 4 is 18.2 Å². The Labute approximate surface area is 152 Å². The van der Waals surface area contributed by atoms with Crippen molar-refractivity contribution in [1.29, 1.82) is 0 Å². The third-order valence-corrected chi connectivity index (χ3v) is 3.80. The van der Waals surface area contributed by atoms with E-state index in [1.165, 1.54) is 4.90 Å². The van der Waals surface area contributed by atoms with Crippen LogP contribution in [0.3, 0.4) is 0 Å². The first-order chi connectivity index (χ1) is 12.2. The van der Waals surface area contributed by atoms with Crippen LogP contribution in [-0.2, 0) is 20.9 Å². The van der Waals surface area contributed by atoms with Crippen LogP contribution in [0, 0.1) is 5.92 Å². The molecule has 0 radical (unpaired) electrons. The fourth-order valence-electron chi connectivity index (χ4n) is 2.62. The van der Waals surface area contributed by atoms with Crippen molar-refractivity contribution in [3.05, 3.63) is 35.9 Å². The maximum atomic E-state index is 12.2. The molecule has 0 saturated carbocycles. The number of hydrogen-bond acceptors (Lipinski definition) is 5. The Morgan fingerprint density at radius 3 is 2.42 bits per heavy atom. The van der Waals surface area contributed by atoms with E-state index < -0.39 is 35.7 Å². The van der Waals surface area contributed by atoms with E-state index >= 15 is 0 Å². The molecular weight excluding hydrogens is 340 g/mol. The van der Waals surface area contributed by atoms with Gasteiger partial charge in [-0.15, -0.1) is 0 Å². The van der Waals surface area contributed by atoms with E-state index in [2.05, 4.69) is 5.32 Å². The van der Waals surface area contributed by atoms with Gasteiger partial charge >= 0.3 is 18.2 Å². The molecule has 26 heavy (non-hydrogen) atoms. The third-order valence-electron chi connectivity index (χ3n) is 3.80. The maximum absolute atomic E-state index is 12.2. The third kappa shape index (κ3) is 5.65. The summed E-state index contributed by atoms with van der Waals surface area (Å²) in [6, 6.07) is 8.43. The lowest BCUT2D eigenvalue weighted by Crippen LogP contribution is -2.45. The molecule has 1 aliphatic heterocycles. The summed E-state index contributed by atoms with van der Waals surface area (Å²) in [5.41, 5.74) is 0.133. The molecule has 142 valence electrons. The van der Waals surface area contributed by atoms with Gasteiger partial charge in [-0.2, -0.15) is 0 Å². The highest BCUT2D eigenvalue weighted by Crippen LogP contribution is 2.20. The molecule has 0 bridgehead atoms. The zero-order valence-electron chi connectivity index (χ0n) is 15.1. The summed E-state index contributed by atoms with van der Waals surface area (Å²) in [5, 5.41) is 11.9. The van der Waals surface area contributed by atoms with Crippen LogP contribution < -0.4 is 5.32 Å². The minimum Gasteiger partial charge on any atom is -0.481 e. The minimum absolute atomic E-state index is 0.0383. The van der Waals surface area contributed by atoms with E-state index in [0.717, 1.165) is 5.56 Å². The van der Waals surface area contributed by atoms with Crippen molar-refractivity contribution in [3.63, 3.8) is 0 Å². The average molecular weight is 364 g/mol. The molecule has 0 spiro atoms. The van der Waals surface area contributed by atoms with E-state index in [9.17, 15) is 19.5 Å². The highest BCUT2D eigenvalue weighted by Gasteiger charge is 2.41. The number of carbonyl (C=O) groups excluding carboxylic acids is 2. The van der Waals surface area contributed by atoms with Gasteiger partial charge in [0.05, 0.1) is 12.0 Å². The smallest absolute Gasteiger partial charge is 0.410 e. The van der Waals surface area contributed by atoms with Gasteiger partial charge in [-0.1, -0.05) is 30.3 Å². The number of carboxylic acid groups (broad SMARTS) is 1. The first-order valence-corrected chi connectivity index (χ1v) is 8.33. The average Bonchev–Trinajstić information content (AvgIpc) is 2.95. The summed E-state index contributed by atoms with van der Waals surface area (Å²) in [4.78, 5) is 36.9. The predicted molar refractivity (Wildman–Crippen MR) is 92.5 cm³/mol. The van der Waals surface area contributed by atoms with Crippen molar-refractivity contribution < 1.29 is 29.0 Å². The number of hydrogen-bond donors (Lipinski definition) is 2. The van der Waals surface area contributed by atoms with Crippen molar-refractivity contribution in [2.75, 3.05) is 13.1 Å². The Bertz CT molecular complexity index is 655. The molecule has 2 N–H and O–H groups in total. The molecule has 0 unspecified atom stereocenters. The Morgan fingerprint density at radius 2 is 1.85 bits per heavy atom. The lowest BCUT2D eigenvalue weighted by atomic mass is 10.0. The number of carboxylic acids is 1. The largest absolute Gasteiger partial charge is 0.481 e. The normalized spacial score (nSPS) is 19.7. The second kappa shape index (κ2) is 8.07. The number of aliphatic carboxylic acids is 1. The summed E-state index contributed by atoms with van der Waals surface area (Å²) in [5.74, 6) is -2.02. The van der Waals surface area contributed by atoms with Crippen LogP contribution >= 0.6 is 0 Å². The summed E-state index contributed by atoms with van der Waals surface area (Å²) < 4.78 is 10.4. The number of nitrogens with zero attached hydrogens (tertiary/aromatic N) is 1. The summed E-state index contributed by atoms with van der Waals surface area (Å²) in [6.07, 6.45) is -1.33. The van der Waals surface area contributed by atoms with Crippen LogP contribution in [0.5, 0.6) is 0 Å². The van der Waals surface area contributed by atoms with Crippen molar-refractivity contribution in [2.45, 2.75) is 39.0 Å². The van der Waals surface area contributed by atoms with E-state index in [1.54, 1.807) is 20.8 Å². The molecule has 0 aliphatic carbocycles. The van der Waals surface area contributed by atoms with Gasteiger partial charge in [-0.05, 0) is 26.3 Å². The van der Waals surface area contributed by atoms with E-state index in [-0.39, 0.29) is 19.7 Å². The zero-order valence-corrected chi connectivity index (χ0v) is 15.1. The quantitative estimate of drug-likeness (QED) is 0.849. The molecule has 8 heteroatoms. The molecule has 2 amide bonds. The van der Waals surface area contributed by atoms with Crippen molar-refractivity contribution in [3.8, 4) is 0 Å². The Morgan fingerprint density at radius 1 is 1.19 bits per heavy atom. The van der Waals surface area contributed by atoms with Crippen LogP contribution in [0.4, 0.5) is 9.59 Å². The molecule has 8 nitrogen and oxygen atoms in total. The Kier molecular flexibility index (Phi) is 6.07. The van der Waals surface area contributed by atoms with Crippen molar-refractivity contribution in [1.82, 2.24) is 10.2 Å². The van der Waals surface area contributed by atoms with Crippen LogP contribution in [0.1, 0.15) is 26.3 Å². The van der Waals surface area contributed by atoms with Crippen molar-refractivity contribution in [2.24, 2.45) is 5.92 Å². The lowest BCUT2D eigenvalue weighted by Gasteiger charge is -2.23. The molecule has 2 atom stereocenters. The molecule has 0 aromatic heterocycles. The monoisotopic (exact) mass is 364 g/mol. The molecular formula is C18H24N2O6. The fraction of sp³-hybridized carbons (Fsp3) is 0.500. The SMILES string of the molecule is CC(C)(C)OC(=O)N[C@@H]1CN(C(=O)OCc2ccccc2)C[C@H]1C(=O)O. The molecule has 1 aliphatic rings. The van der Waals surface area contributed by atoms with Crippen LogP contribution in [0.15, 0.2) is 30.3 Å². The summed E-state index contributed by atoms with van der Waals surface area (Å²) >= 11 is 0. The molecule has 1 heterocycles. The van der Waals surface area contributed by atoms with Gasteiger partial charge in [0.15, 0.2) is 0 Å². The second-order valence-corrected chi connectivity index (χ2v) is 7.14. The van der Waals surface area contributed by atoms with E-state index in [4.69, 9.17) is 9.47 Å². The van der Waals surface area contributed by atoms with Gasteiger partial charge in [0.1, 0.15) is 12.2 Å². The fourth-order valence-corrected chi connectivity index (χ4v) is 2.62. The first-order valence-electron chi connectivity index (χ1n) is 8.33. The second-order valence-electron chi connectivity index (χ2n) is 7.14. The van der Waals surface area contributed by atoms with E-state index in [0.29, 0.717) is 0 Å². The van der Waals surface area contributed by atoms with Gasteiger partial charge in [-0.3, -0.25) is 4.79 Å². The van der Waals surface area contributed by atoms with Gasteiger partial charge in [-0.25, -0.2) is 9.59 Å². The Balaban J connectivity index is 1.93. The highest BCUT2D eigenvalue weighted by atomic mass is 16.6. The summed E-state index contributed by atoms with van der Waals surface area (Å²) in [7, 11) is 0. The molecule has 1 saturated heterocycles. The molecule has 1 aromatic rings. The number of nitrogens with one attached hydrogen (secondary N) is 1. The number of benzene rings is 1. The topological polar surface area (TPSA) is 105 Å². The van der Waals surface area contributed by atoms with Gasteiger partial charge in [0.25, 0.3) is 0 Å². The van der Waals surface area contributed by atoms with Gasteiger partial charge in [0, 0.05) is 13.1 Å². The van der Waals surface area contributed by atoms with Crippen LogP contribution in [0.2, 0.25) is 0 Å². The number of amides is 2. The minimum atomic E-state index is -1.09. The number of likely N-dealkylation sites (tertiary alicyclic amines) is 1. The number of alkyl carbamates (subject to hydrolysis) is 1. The first kappa shape index (κ1) is 19.6.